The van der Waals surface area contributed by atoms with Crippen molar-refractivity contribution in [2.45, 2.75) is 31.5 Å². The molecule has 1 aliphatic heterocycles. The summed E-state index contributed by atoms with van der Waals surface area (Å²) in [4.78, 5) is 2.41. The maximum absolute atomic E-state index is 10.6. The van der Waals surface area contributed by atoms with Crippen LogP contribution in [0.25, 0.3) is 0 Å². The third kappa shape index (κ3) is 2.92. The fourth-order valence-electron chi connectivity index (χ4n) is 3.10. The Labute approximate surface area is 120 Å². The van der Waals surface area contributed by atoms with E-state index in [2.05, 4.69) is 29.2 Å². The summed E-state index contributed by atoms with van der Waals surface area (Å²) in [5, 5.41) is 10.6. The molecule has 104 valence electrons. The molecule has 2 nitrogen and oxygen atoms in total. The fourth-order valence-corrected chi connectivity index (χ4v) is 3.10. The van der Waals surface area contributed by atoms with E-state index in [1.807, 2.05) is 36.4 Å². The zero-order valence-corrected chi connectivity index (χ0v) is 11.7. The van der Waals surface area contributed by atoms with Crippen LogP contribution in [0.3, 0.4) is 0 Å². The number of aliphatic hydroxyl groups is 1. The van der Waals surface area contributed by atoms with Crippen molar-refractivity contribution >= 4 is 0 Å². The Bertz CT molecular complexity index is 526. The third-order valence-electron chi connectivity index (χ3n) is 4.15. The molecule has 0 bridgehead atoms. The van der Waals surface area contributed by atoms with E-state index in [9.17, 15) is 5.11 Å². The van der Waals surface area contributed by atoms with Crippen LogP contribution in [0.2, 0.25) is 0 Å². The number of likely N-dealkylation sites (tertiary alicyclic amines) is 1. The summed E-state index contributed by atoms with van der Waals surface area (Å²) in [5.41, 5.74) is 2.34. The molecule has 1 N–H and O–H groups in total. The number of aliphatic hydroxyl groups excluding tert-OH is 1. The van der Waals surface area contributed by atoms with Crippen LogP contribution < -0.4 is 0 Å². The zero-order chi connectivity index (χ0) is 13.8. The number of hydrogen-bond acceptors (Lipinski definition) is 2. The molecule has 1 aliphatic rings. The second kappa shape index (κ2) is 6.21. The SMILES string of the molecule is O[C@H](c1ccccc1)[C@@H]1CCCN1Cc1ccccc1. The van der Waals surface area contributed by atoms with Crippen molar-refractivity contribution in [3.8, 4) is 0 Å². The molecular weight excluding hydrogens is 246 g/mol. The van der Waals surface area contributed by atoms with Crippen LogP contribution in [-0.2, 0) is 6.54 Å². The van der Waals surface area contributed by atoms with Crippen LogP contribution in [0.5, 0.6) is 0 Å². The van der Waals surface area contributed by atoms with Gasteiger partial charge in [0.25, 0.3) is 0 Å². The Morgan fingerprint density at radius 1 is 1.00 bits per heavy atom. The third-order valence-corrected chi connectivity index (χ3v) is 4.15. The first kappa shape index (κ1) is 13.3. The predicted octanol–water partition coefficient (Wildman–Crippen LogP) is 3.38. The zero-order valence-electron chi connectivity index (χ0n) is 11.7. The first-order chi connectivity index (χ1) is 9.84. The summed E-state index contributed by atoms with van der Waals surface area (Å²) >= 11 is 0. The van der Waals surface area contributed by atoms with Crippen LogP contribution in [0.15, 0.2) is 60.7 Å². The largest absolute Gasteiger partial charge is 0.387 e. The van der Waals surface area contributed by atoms with Crippen molar-refractivity contribution < 1.29 is 5.11 Å². The number of benzene rings is 2. The highest BCUT2D eigenvalue weighted by molar-refractivity contribution is 5.20. The van der Waals surface area contributed by atoms with Gasteiger partial charge in [-0.25, -0.2) is 0 Å². The monoisotopic (exact) mass is 267 g/mol. The standard InChI is InChI=1S/C18H21NO/c20-18(16-10-5-2-6-11-16)17-12-7-13-19(17)14-15-8-3-1-4-9-15/h1-6,8-11,17-18,20H,7,12-14H2/t17-,18+/m0/s1. The minimum Gasteiger partial charge on any atom is -0.387 e. The molecule has 2 aromatic rings. The summed E-state index contributed by atoms with van der Waals surface area (Å²) in [5.74, 6) is 0. The highest BCUT2D eigenvalue weighted by Gasteiger charge is 2.31. The van der Waals surface area contributed by atoms with Gasteiger partial charge >= 0.3 is 0 Å². The van der Waals surface area contributed by atoms with E-state index in [-0.39, 0.29) is 12.1 Å². The Morgan fingerprint density at radius 2 is 1.65 bits per heavy atom. The lowest BCUT2D eigenvalue weighted by atomic mass is 10.00. The van der Waals surface area contributed by atoms with E-state index in [0.717, 1.165) is 25.1 Å². The van der Waals surface area contributed by atoms with Gasteiger partial charge in [-0.1, -0.05) is 60.7 Å². The minimum atomic E-state index is -0.387. The molecule has 0 amide bonds. The first-order valence-corrected chi connectivity index (χ1v) is 7.35. The lowest BCUT2D eigenvalue weighted by Crippen LogP contribution is -2.34. The van der Waals surface area contributed by atoms with Crippen LogP contribution in [0, 0.1) is 0 Å². The molecule has 0 aromatic heterocycles. The lowest BCUT2D eigenvalue weighted by Gasteiger charge is -2.29. The summed E-state index contributed by atoms with van der Waals surface area (Å²) in [6, 6.07) is 20.8. The van der Waals surface area contributed by atoms with E-state index >= 15 is 0 Å². The number of hydrogen-bond donors (Lipinski definition) is 1. The van der Waals surface area contributed by atoms with E-state index in [4.69, 9.17) is 0 Å². The molecule has 20 heavy (non-hydrogen) atoms. The van der Waals surface area contributed by atoms with E-state index in [1.165, 1.54) is 12.0 Å². The highest BCUT2D eigenvalue weighted by atomic mass is 16.3. The van der Waals surface area contributed by atoms with E-state index in [0.29, 0.717) is 0 Å². The van der Waals surface area contributed by atoms with Gasteiger partial charge < -0.3 is 5.11 Å². The number of nitrogens with zero attached hydrogens (tertiary/aromatic N) is 1. The molecule has 1 heterocycles. The second-order valence-corrected chi connectivity index (χ2v) is 5.52. The van der Waals surface area contributed by atoms with Crippen molar-refractivity contribution in [2.75, 3.05) is 6.54 Å². The van der Waals surface area contributed by atoms with Gasteiger partial charge in [0.1, 0.15) is 0 Å². The molecular formula is C18H21NO. The average Bonchev–Trinajstić information content (AvgIpc) is 2.96. The summed E-state index contributed by atoms with van der Waals surface area (Å²) in [7, 11) is 0. The Kier molecular flexibility index (Phi) is 4.14. The van der Waals surface area contributed by atoms with Crippen molar-refractivity contribution in [3.63, 3.8) is 0 Å². The molecule has 2 atom stereocenters. The summed E-state index contributed by atoms with van der Waals surface area (Å²) in [6.07, 6.45) is 1.85. The van der Waals surface area contributed by atoms with Gasteiger partial charge in [0.05, 0.1) is 6.10 Å². The molecule has 1 fully saturated rings. The molecule has 2 heteroatoms. The van der Waals surface area contributed by atoms with Crippen LogP contribution >= 0.6 is 0 Å². The molecule has 0 spiro atoms. The Hall–Kier alpha value is -1.64. The molecule has 0 radical (unpaired) electrons. The van der Waals surface area contributed by atoms with E-state index < -0.39 is 0 Å². The molecule has 0 saturated carbocycles. The van der Waals surface area contributed by atoms with Gasteiger partial charge in [-0.05, 0) is 30.5 Å². The second-order valence-electron chi connectivity index (χ2n) is 5.52. The van der Waals surface area contributed by atoms with E-state index in [1.54, 1.807) is 0 Å². The van der Waals surface area contributed by atoms with Crippen LogP contribution in [0.1, 0.15) is 30.1 Å². The molecule has 1 saturated heterocycles. The smallest absolute Gasteiger partial charge is 0.0945 e. The van der Waals surface area contributed by atoms with Gasteiger partial charge in [-0.15, -0.1) is 0 Å². The highest BCUT2D eigenvalue weighted by Crippen LogP contribution is 2.30. The first-order valence-electron chi connectivity index (χ1n) is 7.35. The predicted molar refractivity (Wildman–Crippen MR) is 81.3 cm³/mol. The average molecular weight is 267 g/mol. The molecule has 0 aliphatic carbocycles. The van der Waals surface area contributed by atoms with Crippen molar-refractivity contribution in [1.82, 2.24) is 4.90 Å². The quantitative estimate of drug-likeness (QED) is 0.918. The molecule has 0 unspecified atom stereocenters. The van der Waals surface area contributed by atoms with Crippen molar-refractivity contribution in [1.29, 1.82) is 0 Å². The van der Waals surface area contributed by atoms with Gasteiger partial charge in [-0.3, -0.25) is 4.90 Å². The van der Waals surface area contributed by atoms with Crippen LogP contribution in [-0.4, -0.2) is 22.6 Å². The van der Waals surface area contributed by atoms with Crippen molar-refractivity contribution in [3.05, 3.63) is 71.8 Å². The normalized spacial score (nSPS) is 20.9. The van der Waals surface area contributed by atoms with Gasteiger partial charge in [0, 0.05) is 12.6 Å². The Balaban J connectivity index is 1.72. The maximum atomic E-state index is 10.6. The summed E-state index contributed by atoms with van der Waals surface area (Å²) in [6.45, 7) is 2.00. The number of rotatable bonds is 4. The summed E-state index contributed by atoms with van der Waals surface area (Å²) < 4.78 is 0. The molecule has 3 rings (SSSR count). The van der Waals surface area contributed by atoms with Crippen LogP contribution in [0.4, 0.5) is 0 Å². The fraction of sp³-hybridized carbons (Fsp3) is 0.333. The van der Waals surface area contributed by atoms with Gasteiger partial charge in [-0.2, -0.15) is 0 Å². The Morgan fingerprint density at radius 3 is 2.35 bits per heavy atom. The van der Waals surface area contributed by atoms with Gasteiger partial charge in [0.15, 0.2) is 0 Å². The topological polar surface area (TPSA) is 23.5 Å². The minimum absolute atomic E-state index is 0.234. The van der Waals surface area contributed by atoms with Crippen molar-refractivity contribution in [2.24, 2.45) is 0 Å². The maximum Gasteiger partial charge on any atom is 0.0945 e. The van der Waals surface area contributed by atoms with Gasteiger partial charge in [0.2, 0.25) is 0 Å². The lowest BCUT2D eigenvalue weighted by molar-refractivity contribution is 0.0688. The molecule has 2 aromatic carbocycles.